The van der Waals surface area contributed by atoms with Gasteiger partial charge < -0.3 is 0 Å². The molecule has 0 bridgehead atoms. The number of aryl methyl sites for hydroxylation is 1. The van der Waals surface area contributed by atoms with Crippen LogP contribution in [-0.2, 0) is 0 Å². The third-order valence-electron chi connectivity index (χ3n) is 1.28. The van der Waals surface area contributed by atoms with Crippen molar-refractivity contribution < 1.29 is 0 Å². The summed E-state index contributed by atoms with van der Waals surface area (Å²) in [6.45, 7) is 9.44. The Morgan fingerprint density at radius 2 is 2.50 bits per heavy atom. The molecule has 0 saturated carbocycles. The highest BCUT2D eigenvalue weighted by Gasteiger charge is 2.00. The SMILES string of the molecule is C=CC(=C)c1scnc1C. The standard InChI is InChI=1S/C8H9NS/c1-4-6(2)8-7(3)9-5-10-8/h4-5H,1-2H2,3H3. The number of hydrogen-bond donors (Lipinski definition) is 0. The second-order valence-electron chi connectivity index (χ2n) is 2.00. The third-order valence-corrected chi connectivity index (χ3v) is 2.29. The van der Waals surface area contributed by atoms with Crippen molar-refractivity contribution in [3.05, 3.63) is 35.3 Å². The first kappa shape index (κ1) is 7.22. The van der Waals surface area contributed by atoms with Crippen molar-refractivity contribution in [3.63, 3.8) is 0 Å². The molecule has 1 aromatic rings. The van der Waals surface area contributed by atoms with Gasteiger partial charge in [-0.3, -0.25) is 0 Å². The molecule has 2 heteroatoms. The highest BCUT2D eigenvalue weighted by Crippen LogP contribution is 2.21. The van der Waals surface area contributed by atoms with Crippen LogP contribution in [0.5, 0.6) is 0 Å². The molecule has 0 aliphatic rings. The van der Waals surface area contributed by atoms with E-state index in [2.05, 4.69) is 18.1 Å². The lowest BCUT2D eigenvalue weighted by atomic mass is 10.2. The molecule has 0 aliphatic heterocycles. The quantitative estimate of drug-likeness (QED) is 0.592. The summed E-state index contributed by atoms with van der Waals surface area (Å²) in [6, 6.07) is 0. The smallest absolute Gasteiger partial charge is 0.0801 e. The molecule has 0 atom stereocenters. The predicted octanol–water partition coefficient (Wildman–Crippen LogP) is 2.65. The van der Waals surface area contributed by atoms with Gasteiger partial charge in [0.15, 0.2) is 0 Å². The van der Waals surface area contributed by atoms with Gasteiger partial charge in [-0.2, -0.15) is 0 Å². The van der Waals surface area contributed by atoms with E-state index in [4.69, 9.17) is 0 Å². The Hall–Kier alpha value is -0.890. The second-order valence-corrected chi connectivity index (χ2v) is 2.85. The Balaban J connectivity index is 3.04. The second kappa shape index (κ2) is 2.80. The highest BCUT2D eigenvalue weighted by molar-refractivity contribution is 7.11. The van der Waals surface area contributed by atoms with E-state index in [-0.39, 0.29) is 0 Å². The zero-order valence-electron chi connectivity index (χ0n) is 5.92. The first-order chi connectivity index (χ1) is 4.75. The van der Waals surface area contributed by atoms with Gasteiger partial charge in [-0.05, 0) is 12.5 Å². The molecule has 10 heavy (non-hydrogen) atoms. The van der Waals surface area contributed by atoms with E-state index in [1.54, 1.807) is 17.4 Å². The maximum atomic E-state index is 4.10. The van der Waals surface area contributed by atoms with Crippen molar-refractivity contribution in [1.29, 1.82) is 0 Å². The van der Waals surface area contributed by atoms with Crippen LogP contribution in [0.2, 0.25) is 0 Å². The molecule has 1 aromatic heterocycles. The Morgan fingerprint density at radius 3 is 2.90 bits per heavy atom. The molecule has 0 amide bonds. The third kappa shape index (κ3) is 1.16. The van der Waals surface area contributed by atoms with Crippen molar-refractivity contribution in [2.75, 3.05) is 0 Å². The lowest BCUT2D eigenvalue weighted by Gasteiger charge is -1.93. The molecule has 0 radical (unpaired) electrons. The van der Waals surface area contributed by atoms with Crippen LogP contribution in [0.3, 0.4) is 0 Å². The number of allylic oxidation sites excluding steroid dienone is 2. The highest BCUT2D eigenvalue weighted by atomic mass is 32.1. The normalized spacial score (nSPS) is 9.30. The van der Waals surface area contributed by atoms with Crippen molar-refractivity contribution in [3.8, 4) is 0 Å². The van der Waals surface area contributed by atoms with Crippen LogP contribution in [0.15, 0.2) is 24.7 Å². The number of thiazole rings is 1. The fourth-order valence-corrected chi connectivity index (χ4v) is 1.48. The monoisotopic (exact) mass is 151 g/mol. The minimum absolute atomic E-state index is 0.958. The summed E-state index contributed by atoms with van der Waals surface area (Å²) in [4.78, 5) is 5.23. The number of rotatable bonds is 2. The van der Waals surface area contributed by atoms with E-state index in [9.17, 15) is 0 Å². The van der Waals surface area contributed by atoms with Gasteiger partial charge >= 0.3 is 0 Å². The van der Waals surface area contributed by atoms with Crippen LogP contribution >= 0.6 is 11.3 Å². The van der Waals surface area contributed by atoms with E-state index in [0.29, 0.717) is 0 Å². The van der Waals surface area contributed by atoms with Gasteiger partial charge in [0.2, 0.25) is 0 Å². The molecular weight excluding hydrogens is 142 g/mol. The minimum Gasteiger partial charge on any atom is -0.249 e. The fraction of sp³-hybridized carbons (Fsp3) is 0.125. The molecule has 1 heterocycles. The van der Waals surface area contributed by atoms with Crippen molar-refractivity contribution in [2.45, 2.75) is 6.92 Å². The Morgan fingerprint density at radius 1 is 1.80 bits per heavy atom. The van der Waals surface area contributed by atoms with E-state index in [1.807, 2.05) is 12.4 Å². The summed E-state index contributed by atoms with van der Waals surface area (Å²) in [5.74, 6) is 0. The molecule has 0 aliphatic carbocycles. The summed E-state index contributed by atoms with van der Waals surface area (Å²) in [7, 11) is 0. The van der Waals surface area contributed by atoms with Gasteiger partial charge in [0.1, 0.15) is 0 Å². The minimum atomic E-state index is 0.958. The molecule has 0 spiro atoms. The largest absolute Gasteiger partial charge is 0.249 e. The molecule has 0 saturated heterocycles. The first-order valence-electron chi connectivity index (χ1n) is 2.97. The van der Waals surface area contributed by atoms with Gasteiger partial charge in [-0.25, -0.2) is 4.98 Å². The van der Waals surface area contributed by atoms with Crippen LogP contribution in [0.4, 0.5) is 0 Å². The van der Waals surface area contributed by atoms with Gasteiger partial charge in [-0.1, -0.05) is 19.2 Å². The zero-order chi connectivity index (χ0) is 7.56. The summed E-state index contributed by atoms with van der Waals surface area (Å²) in [5, 5.41) is 0. The summed E-state index contributed by atoms with van der Waals surface area (Å²) in [6.07, 6.45) is 1.75. The van der Waals surface area contributed by atoms with Gasteiger partial charge in [0.05, 0.1) is 16.1 Å². The number of aromatic nitrogens is 1. The molecule has 52 valence electrons. The average Bonchev–Trinajstić information content (AvgIpc) is 2.34. The lowest BCUT2D eigenvalue weighted by Crippen LogP contribution is -1.76. The first-order valence-corrected chi connectivity index (χ1v) is 3.85. The van der Waals surface area contributed by atoms with Gasteiger partial charge in [-0.15, -0.1) is 11.3 Å². The number of hydrogen-bond acceptors (Lipinski definition) is 2. The Labute approximate surface area is 64.7 Å². The van der Waals surface area contributed by atoms with Crippen LogP contribution < -0.4 is 0 Å². The summed E-state index contributed by atoms with van der Waals surface area (Å²) >= 11 is 1.60. The van der Waals surface area contributed by atoms with Crippen LogP contribution in [0, 0.1) is 6.92 Å². The number of nitrogens with zero attached hydrogens (tertiary/aromatic N) is 1. The molecule has 0 unspecified atom stereocenters. The predicted molar refractivity (Wildman–Crippen MR) is 46.1 cm³/mol. The van der Waals surface area contributed by atoms with E-state index in [1.165, 1.54) is 0 Å². The fourth-order valence-electron chi connectivity index (χ4n) is 0.703. The molecule has 1 nitrogen and oxygen atoms in total. The molecule has 0 fully saturated rings. The molecular formula is C8H9NS. The molecule has 0 N–H and O–H groups in total. The van der Waals surface area contributed by atoms with Gasteiger partial charge in [0, 0.05) is 0 Å². The summed E-state index contributed by atoms with van der Waals surface area (Å²) < 4.78 is 0. The Kier molecular flexibility index (Phi) is 2.02. The van der Waals surface area contributed by atoms with E-state index in [0.717, 1.165) is 16.1 Å². The maximum Gasteiger partial charge on any atom is 0.0801 e. The molecule has 0 aromatic carbocycles. The lowest BCUT2D eigenvalue weighted by molar-refractivity contribution is 1.26. The average molecular weight is 151 g/mol. The van der Waals surface area contributed by atoms with E-state index < -0.39 is 0 Å². The van der Waals surface area contributed by atoms with Crippen molar-refractivity contribution >= 4 is 16.9 Å². The maximum absolute atomic E-state index is 4.10. The van der Waals surface area contributed by atoms with Crippen molar-refractivity contribution in [1.82, 2.24) is 4.98 Å². The topological polar surface area (TPSA) is 12.9 Å². The van der Waals surface area contributed by atoms with Crippen LogP contribution in [0.1, 0.15) is 10.6 Å². The molecule has 1 rings (SSSR count). The van der Waals surface area contributed by atoms with Crippen LogP contribution in [-0.4, -0.2) is 4.98 Å². The van der Waals surface area contributed by atoms with Gasteiger partial charge in [0.25, 0.3) is 0 Å². The van der Waals surface area contributed by atoms with E-state index >= 15 is 0 Å². The summed E-state index contributed by atoms with van der Waals surface area (Å²) in [5.41, 5.74) is 3.81. The van der Waals surface area contributed by atoms with Crippen molar-refractivity contribution in [2.24, 2.45) is 0 Å². The zero-order valence-corrected chi connectivity index (χ0v) is 6.74. The Bertz CT molecular complexity index is 260. The van der Waals surface area contributed by atoms with Crippen LogP contribution in [0.25, 0.3) is 5.57 Å².